The van der Waals surface area contributed by atoms with Gasteiger partial charge in [-0.05, 0) is 77.2 Å². The Balaban J connectivity index is 1.54. The summed E-state index contributed by atoms with van der Waals surface area (Å²) in [6, 6.07) is 6.66. The number of morpholine rings is 1. The van der Waals surface area contributed by atoms with Crippen LogP contribution < -0.4 is 5.32 Å². The second kappa shape index (κ2) is 10.8. The van der Waals surface area contributed by atoms with Crippen molar-refractivity contribution in [3.8, 4) is 0 Å². The van der Waals surface area contributed by atoms with Crippen LogP contribution in [-0.4, -0.2) is 68.2 Å². The Morgan fingerprint density at radius 2 is 2.00 bits per heavy atom. The summed E-state index contributed by atoms with van der Waals surface area (Å²) in [7, 11) is 0. The number of nitrogens with zero attached hydrogens (tertiary/aromatic N) is 3. The fraction of sp³-hybridized carbons (Fsp3) is 0.696. The first-order valence-electron chi connectivity index (χ1n) is 11.1. The molecule has 28 heavy (non-hydrogen) atoms. The molecule has 3 rings (SSSR count). The molecule has 2 aliphatic heterocycles. The van der Waals surface area contributed by atoms with Gasteiger partial charge in [0.1, 0.15) is 6.10 Å². The summed E-state index contributed by atoms with van der Waals surface area (Å²) < 4.78 is 6.11. The average Bonchev–Trinajstić information content (AvgIpc) is 3.20. The maximum absolute atomic E-state index is 6.11. The fourth-order valence-electron chi connectivity index (χ4n) is 4.28. The van der Waals surface area contributed by atoms with Gasteiger partial charge in [-0.3, -0.25) is 4.99 Å². The molecule has 2 fully saturated rings. The van der Waals surface area contributed by atoms with Gasteiger partial charge in [0.15, 0.2) is 5.96 Å². The van der Waals surface area contributed by atoms with Crippen LogP contribution in [0.4, 0.5) is 0 Å². The Morgan fingerprint density at radius 3 is 2.75 bits per heavy atom. The first-order chi connectivity index (χ1) is 13.7. The molecule has 156 valence electrons. The van der Waals surface area contributed by atoms with Crippen molar-refractivity contribution in [2.75, 3.05) is 52.4 Å². The van der Waals surface area contributed by atoms with Gasteiger partial charge in [-0.2, -0.15) is 0 Å². The number of benzene rings is 1. The van der Waals surface area contributed by atoms with E-state index in [1.54, 1.807) is 0 Å². The maximum atomic E-state index is 6.11. The number of rotatable bonds is 7. The highest BCUT2D eigenvalue weighted by Gasteiger charge is 2.25. The van der Waals surface area contributed by atoms with E-state index in [2.05, 4.69) is 54.1 Å². The summed E-state index contributed by atoms with van der Waals surface area (Å²) in [5, 5.41) is 3.49. The van der Waals surface area contributed by atoms with Crippen LogP contribution in [0.15, 0.2) is 23.2 Å². The van der Waals surface area contributed by atoms with E-state index in [-0.39, 0.29) is 6.10 Å². The predicted molar refractivity (Wildman–Crippen MR) is 117 cm³/mol. The predicted octanol–water partition coefficient (Wildman–Crippen LogP) is 3.52. The average molecular weight is 387 g/mol. The number of aliphatic imine (C=N–C) groups is 1. The van der Waals surface area contributed by atoms with Gasteiger partial charge in [0.05, 0.1) is 13.2 Å². The van der Waals surface area contributed by atoms with E-state index in [9.17, 15) is 0 Å². The number of hydrogen-bond donors (Lipinski definition) is 1. The van der Waals surface area contributed by atoms with E-state index in [4.69, 9.17) is 9.73 Å². The molecular formula is C23H38N4O. The number of ether oxygens (including phenoxy) is 1. The Hall–Kier alpha value is -1.59. The third kappa shape index (κ3) is 5.95. The molecule has 1 aromatic rings. The third-order valence-electron chi connectivity index (χ3n) is 5.82. The van der Waals surface area contributed by atoms with Gasteiger partial charge in [0, 0.05) is 19.6 Å². The molecule has 0 spiro atoms. The van der Waals surface area contributed by atoms with Crippen LogP contribution in [0.25, 0.3) is 0 Å². The summed E-state index contributed by atoms with van der Waals surface area (Å²) in [5.74, 6) is 1.04. The largest absolute Gasteiger partial charge is 0.370 e. The molecular weight excluding hydrogens is 348 g/mol. The van der Waals surface area contributed by atoms with Gasteiger partial charge in [0.2, 0.25) is 0 Å². The van der Waals surface area contributed by atoms with Gasteiger partial charge in [-0.25, -0.2) is 0 Å². The van der Waals surface area contributed by atoms with Crippen molar-refractivity contribution in [1.29, 1.82) is 0 Å². The van der Waals surface area contributed by atoms with Crippen LogP contribution in [0.2, 0.25) is 0 Å². The summed E-state index contributed by atoms with van der Waals surface area (Å²) in [6.07, 6.45) is 5.28. The maximum Gasteiger partial charge on any atom is 0.194 e. The van der Waals surface area contributed by atoms with Crippen molar-refractivity contribution in [2.45, 2.75) is 52.6 Å². The van der Waals surface area contributed by atoms with Crippen molar-refractivity contribution < 1.29 is 4.74 Å². The Morgan fingerprint density at radius 1 is 1.18 bits per heavy atom. The highest BCUT2D eigenvalue weighted by molar-refractivity contribution is 5.80. The Kier molecular flexibility index (Phi) is 8.16. The van der Waals surface area contributed by atoms with Crippen LogP contribution in [0.3, 0.4) is 0 Å². The molecule has 0 aromatic heterocycles. The van der Waals surface area contributed by atoms with Crippen LogP contribution >= 0.6 is 0 Å². The number of unbranched alkanes of at least 4 members (excludes halogenated alkanes) is 1. The van der Waals surface area contributed by atoms with Crippen LogP contribution in [0.5, 0.6) is 0 Å². The highest BCUT2D eigenvalue weighted by atomic mass is 16.5. The molecule has 5 nitrogen and oxygen atoms in total. The number of guanidine groups is 1. The van der Waals surface area contributed by atoms with Gasteiger partial charge in [-0.15, -0.1) is 0 Å². The smallest absolute Gasteiger partial charge is 0.194 e. The third-order valence-corrected chi connectivity index (χ3v) is 5.82. The zero-order chi connectivity index (χ0) is 19.8. The van der Waals surface area contributed by atoms with Crippen molar-refractivity contribution in [2.24, 2.45) is 4.99 Å². The molecule has 0 bridgehead atoms. The quantitative estimate of drug-likeness (QED) is 0.442. The second-order valence-electron chi connectivity index (χ2n) is 8.16. The van der Waals surface area contributed by atoms with Crippen LogP contribution in [0, 0.1) is 13.8 Å². The number of likely N-dealkylation sites (tertiary alicyclic amines) is 1. The van der Waals surface area contributed by atoms with E-state index in [1.165, 1.54) is 55.6 Å². The molecule has 2 saturated heterocycles. The Bertz CT molecular complexity index is 639. The summed E-state index contributed by atoms with van der Waals surface area (Å²) in [4.78, 5) is 9.88. The topological polar surface area (TPSA) is 40.1 Å². The summed E-state index contributed by atoms with van der Waals surface area (Å²) in [5.41, 5.74) is 3.92. The molecule has 1 N–H and O–H groups in total. The van der Waals surface area contributed by atoms with E-state index < -0.39 is 0 Å². The van der Waals surface area contributed by atoms with Crippen LogP contribution in [0.1, 0.15) is 55.4 Å². The fourth-order valence-corrected chi connectivity index (χ4v) is 4.28. The molecule has 0 amide bonds. The molecule has 0 saturated carbocycles. The molecule has 1 atom stereocenters. The van der Waals surface area contributed by atoms with Gasteiger partial charge < -0.3 is 19.9 Å². The minimum Gasteiger partial charge on any atom is -0.370 e. The first kappa shape index (κ1) is 21.1. The van der Waals surface area contributed by atoms with Gasteiger partial charge >= 0.3 is 0 Å². The van der Waals surface area contributed by atoms with Crippen molar-refractivity contribution in [1.82, 2.24) is 15.1 Å². The normalized spacial score (nSPS) is 21.3. The summed E-state index contributed by atoms with van der Waals surface area (Å²) in [6.45, 7) is 14.6. The van der Waals surface area contributed by atoms with Crippen LogP contribution in [-0.2, 0) is 4.74 Å². The van der Waals surface area contributed by atoms with Crippen molar-refractivity contribution in [3.63, 3.8) is 0 Å². The minimum absolute atomic E-state index is 0.119. The lowest BCUT2D eigenvalue weighted by Crippen LogP contribution is -2.48. The van der Waals surface area contributed by atoms with Gasteiger partial charge in [0.25, 0.3) is 0 Å². The number of hydrogen-bond acceptors (Lipinski definition) is 3. The minimum atomic E-state index is 0.119. The zero-order valence-corrected chi connectivity index (χ0v) is 18.0. The second-order valence-corrected chi connectivity index (χ2v) is 8.16. The van der Waals surface area contributed by atoms with Crippen molar-refractivity contribution in [3.05, 3.63) is 34.9 Å². The molecule has 0 aliphatic carbocycles. The van der Waals surface area contributed by atoms with E-state index >= 15 is 0 Å². The highest BCUT2D eigenvalue weighted by Crippen LogP contribution is 2.26. The standard InChI is InChI=1S/C23H38N4O/c1-4-24-23(25-11-5-6-12-26-13-7-8-14-26)27-15-16-28-22(18-27)21-10-9-19(2)17-20(21)3/h9-10,17,22H,4-8,11-16,18H2,1-3H3,(H,24,25). The number of aryl methyl sites for hydroxylation is 2. The lowest BCUT2D eigenvalue weighted by Gasteiger charge is -2.36. The Labute approximate surface area is 171 Å². The van der Waals surface area contributed by atoms with E-state index in [0.29, 0.717) is 0 Å². The molecule has 1 unspecified atom stereocenters. The molecule has 2 aliphatic rings. The lowest BCUT2D eigenvalue weighted by molar-refractivity contribution is -0.00833. The monoisotopic (exact) mass is 386 g/mol. The lowest BCUT2D eigenvalue weighted by atomic mass is 10.00. The van der Waals surface area contributed by atoms with Gasteiger partial charge in [-0.1, -0.05) is 23.8 Å². The van der Waals surface area contributed by atoms with E-state index in [1.807, 2.05) is 0 Å². The zero-order valence-electron chi connectivity index (χ0n) is 18.0. The molecule has 0 radical (unpaired) electrons. The molecule has 2 heterocycles. The SMILES string of the molecule is CCNC(=NCCCCN1CCCC1)N1CCOC(c2ccc(C)cc2C)C1. The first-order valence-corrected chi connectivity index (χ1v) is 11.1. The summed E-state index contributed by atoms with van der Waals surface area (Å²) >= 11 is 0. The van der Waals surface area contributed by atoms with Crippen molar-refractivity contribution >= 4 is 5.96 Å². The molecule has 5 heteroatoms. The number of nitrogens with one attached hydrogen (secondary N) is 1. The molecule has 1 aromatic carbocycles. The van der Waals surface area contributed by atoms with E-state index in [0.717, 1.165) is 45.2 Å².